The Bertz CT molecular complexity index is 413. The summed E-state index contributed by atoms with van der Waals surface area (Å²) in [6.07, 6.45) is 0. The second-order valence-electron chi connectivity index (χ2n) is 3.62. The van der Waals surface area contributed by atoms with E-state index >= 15 is 0 Å². The largest absolute Gasteiger partial charge is 0.508 e. The number of aryl methyl sites for hydroxylation is 1. The molecular formula is C11H14N2O2. The van der Waals surface area contributed by atoms with E-state index in [2.05, 4.69) is 10.3 Å². The normalized spacial score (nSPS) is 14.7. The fourth-order valence-electron chi connectivity index (χ4n) is 1.50. The number of hydrogen-bond donors (Lipinski definition) is 2. The van der Waals surface area contributed by atoms with Crippen LogP contribution in [0.5, 0.6) is 5.75 Å². The Hall–Kier alpha value is -1.71. The van der Waals surface area contributed by atoms with Gasteiger partial charge in [0, 0.05) is 11.3 Å². The average Bonchev–Trinajstić information content (AvgIpc) is 2.66. The summed E-state index contributed by atoms with van der Waals surface area (Å²) < 4.78 is 5.25. The zero-order valence-electron chi connectivity index (χ0n) is 8.87. The maximum Gasteiger partial charge on any atom is 0.289 e. The Balaban J connectivity index is 2.27. The van der Waals surface area contributed by atoms with Crippen molar-refractivity contribution >= 4 is 11.7 Å². The molecule has 1 aliphatic heterocycles. The number of rotatable bonds is 1. The highest BCUT2D eigenvalue weighted by molar-refractivity contribution is 5.91. The smallest absolute Gasteiger partial charge is 0.289 e. The molecule has 1 aliphatic rings. The lowest BCUT2D eigenvalue weighted by molar-refractivity contribution is 0.346. The molecule has 1 heterocycles. The van der Waals surface area contributed by atoms with Gasteiger partial charge in [-0.05, 0) is 31.5 Å². The highest BCUT2D eigenvalue weighted by atomic mass is 16.5. The number of anilines is 1. The van der Waals surface area contributed by atoms with Crippen LogP contribution in [-0.4, -0.2) is 24.3 Å². The van der Waals surface area contributed by atoms with Crippen LogP contribution in [0.4, 0.5) is 5.69 Å². The summed E-state index contributed by atoms with van der Waals surface area (Å²) in [6, 6.07) is 4.22. The maximum absolute atomic E-state index is 9.63. The summed E-state index contributed by atoms with van der Waals surface area (Å²) in [5.41, 5.74) is 2.64. The van der Waals surface area contributed by atoms with Gasteiger partial charge in [0.25, 0.3) is 6.02 Å². The molecule has 1 aromatic rings. The number of benzene rings is 1. The Morgan fingerprint density at radius 1 is 1.40 bits per heavy atom. The Morgan fingerprint density at radius 3 is 2.87 bits per heavy atom. The summed E-state index contributed by atoms with van der Waals surface area (Å²) >= 11 is 0. The molecule has 0 saturated carbocycles. The van der Waals surface area contributed by atoms with E-state index in [1.54, 1.807) is 6.07 Å². The summed E-state index contributed by atoms with van der Waals surface area (Å²) in [5.74, 6) is 0.288. The van der Waals surface area contributed by atoms with E-state index in [4.69, 9.17) is 4.74 Å². The van der Waals surface area contributed by atoms with Gasteiger partial charge < -0.3 is 15.2 Å². The molecule has 15 heavy (non-hydrogen) atoms. The minimum absolute atomic E-state index is 0.288. The highest BCUT2D eigenvalue weighted by Gasteiger charge is 2.10. The highest BCUT2D eigenvalue weighted by Crippen LogP contribution is 2.26. The van der Waals surface area contributed by atoms with E-state index in [0.717, 1.165) is 16.8 Å². The van der Waals surface area contributed by atoms with Crippen LogP contribution >= 0.6 is 0 Å². The third-order valence-corrected chi connectivity index (χ3v) is 2.35. The number of nitrogens with one attached hydrogen (secondary N) is 1. The molecule has 0 radical (unpaired) electrons. The molecule has 4 heteroatoms. The number of ether oxygens (including phenoxy) is 1. The summed E-state index contributed by atoms with van der Waals surface area (Å²) in [5, 5.41) is 12.7. The van der Waals surface area contributed by atoms with Crippen LogP contribution < -0.4 is 5.32 Å². The number of aromatic hydroxyl groups is 1. The number of amidine groups is 1. The van der Waals surface area contributed by atoms with E-state index in [1.165, 1.54) is 0 Å². The molecule has 0 fully saturated rings. The van der Waals surface area contributed by atoms with Gasteiger partial charge in [-0.3, -0.25) is 0 Å². The van der Waals surface area contributed by atoms with Gasteiger partial charge in [-0.2, -0.15) is 0 Å². The topological polar surface area (TPSA) is 53.8 Å². The quantitative estimate of drug-likeness (QED) is 0.736. The predicted octanol–water partition coefficient (Wildman–Crippen LogP) is 1.81. The molecule has 0 aliphatic carbocycles. The number of hydrogen-bond acceptors (Lipinski definition) is 4. The van der Waals surface area contributed by atoms with Crippen LogP contribution in [0.2, 0.25) is 0 Å². The Morgan fingerprint density at radius 2 is 2.20 bits per heavy atom. The molecule has 0 amide bonds. The molecule has 0 unspecified atom stereocenters. The molecule has 0 atom stereocenters. The lowest BCUT2D eigenvalue weighted by Gasteiger charge is -2.11. The van der Waals surface area contributed by atoms with E-state index < -0.39 is 0 Å². The molecule has 80 valence electrons. The third kappa shape index (κ3) is 2.03. The first-order valence-electron chi connectivity index (χ1n) is 4.91. The van der Waals surface area contributed by atoms with Crippen LogP contribution in [0.25, 0.3) is 0 Å². The zero-order chi connectivity index (χ0) is 10.8. The van der Waals surface area contributed by atoms with Crippen molar-refractivity contribution in [1.82, 2.24) is 0 Å². The lowest BCUT2D eigenvalue weighted by atomic mass is 10.1. The van der Waals surface area contributed by atoms with Gasteiger partial charge in [-0.1, -0.05) is 0 Å². The van der Waals surface area contributed by atoms with Crippen molar-refractivity contribution < 1.29 is 9.84 Å². The van der Waals surface area contributed by atoms with E-state index in [-0.39, 0.29) is 5.75 Å². The maximum atomic E-state index is 9.63. The van der Waals surface area contributed by atoms with Crippen molar-refractivity contribution in [2.45, 2.75) is 13.8 Å². The SMILES string of the molecule is Cc1cc(O)c(C)c(NC2=NCCO2)c1. The Kier molecular flexibility index (Phi) is 2.49. The molecule has 2 N–H and O–H groups in total. The minimum Gasteiger partial charge on any atom is -0.508 e. The van der Waals surface area contributed by atoms with Crippen molar-refractivity contribution in [2.24, 2.45) is 4.99 Å². The third-order valence-electron chi connectivity index (χ3n) is 2.35. The molecule has 0 bridgehead atoms. The number of aliphatic imine (C=N–C) groups is 1. The first-order chi connectivity index (χ1) is 7.16. The van der Waals surface area contributed by atoms with Crippen LogP contribution in [0.15, 0.2) is 17.1 Å². The van der Waals surface area contributed by atoms with Crippen molar-refractivity contribution in [3.8, 4) is 5.75 Å². The molecule has 0 aromatic heterocycles. The predicted molar refractivity (Wildman–Crippen MR) is 59.5 cm³/mol. The second-order valence-corrected chi connectivity index (χ2v) is 3.62. The zero-order valence-corrected chi connectivity index (χ0v) is 8.87. The fraction of sp³-hybridized carbons (Fsp3) is 0.364. The van der Waals surface area contributed by atoms with Crippen LogP contribution in [0, 0.1) is 13.8 Å². The van der Waals surface area contributed by atoms with Gasteiger partial charge in [0.15, 0.2) is 0 Å². The molecule has 0 spiro atoms. The van der Waals surface area contributed by atoms with Gasteiger partial charge in [0.05, 0.1) is 6.54 Å². The first kappa shape index (κ1) is 9.83. The molecular weight excluding hydrogens is 192 g/mol. The number of phenols is 1. The average molecular weight is 206 g/mol. The van der Waals surface area contributed by atoms with E-state index in [9.17, 15) is 5.11 Å². The van der Waals surface area contributed by atoms with Gasteiger partial charge >= 0.3 is 0 Å². The van der Waals surface area contributed by atoms with Crippen LogP contribution in [0.3, 0.4) is 0 Å². The van der Waals surface area contributed by atoms with Crippen molar-refractivity contribution in [2.75, 3.05) is 18.5 Å². The summed E-state index contributed by atoms with van der Waals surface area (Å²) in [6.45, 7) is 5.10. The fourth-order valence-corrected chi connectivity index (χ4v) is 1.50. The Labute approximate surface area is 88.6 Å². The van der Waals surface area contributed by atoms with E-state index in [0.29, 0.717) is 19.2 Å². The minimum atomic E-state index is 0.288. The summed E-state index contributed by atoms with van der Waals surface area (Å²) in [4.78, 5) is 4.13. The summed E-state index contributed by atoms with van der Waals surface area (Å²) in [7, 11) is 0. The number of phenolic OH excluding ortho intramolecular Hbond substituents is 1. The van der Waals surface area contributed by atoms with Gasteiger partial charge in [0.1, 0.15) is 12.4 Å². The first-order valence-corrected chi connectivity index (χ1v) is 4.91. The van der Waals surface area contributed by atoms with Crippen molar-refractivity contribution in [1.29, 1.82) is 0 Å². The molecule has 4 nitrogen and oxygen atoms in total. The monoisotopic (exact) mass is 206 g/mol. The van der Waals surface area contributed by atoms with Gasteiger partial charge in [0.2, 0.25) is 0 Å². The molecule has 1 aromatic carbocycles. The standard InChI is InChI=1S/C11H14N2O2/c1-7-5-9(8(2)10(14)6-7)13-11-12-3-4-15-11/h5-6,14H,3-4H2,1-2H3,(H,12,13). The van der Waals surface area contributed by atoms with Crippen LogP contribution in [-0.2, 0) is 4.74 Å². The van der Waals surface area contributed by atoms with Crippen molar-refractivity contribution in [3.63, 3.8) is 0 Å². The van der Waals surface area contributed by atoms with Gasteiger partial charge in [-0.15, -0.1) is 0 Å². The van der Waals surface area contributed by atoms with Gasteiger partial charge in [-0.25, -0.2) is 4.99 Å². The molecule has 0 saturated heterocycles. The lowest BCUT2D eigenvalue weighted by Crippen LogP contribution is -2.12. The van der Waals surface area contributed by atoms with Crippen LogP contribution in [0.1, 0.15) is 11.1 Å². The molecule has 2 rings (SSSR count). The van der Waals surface area contributed by atoms with Crippen molar-refractivity contribution in [3.05, 3.63) is 23.3 Å². The number of nitrogens with zero attached hydrogens (tertiary/aromatic N) is 1. The second kappa shape index (κ2) is 3.81. The van der Waals surface area contributed by atoms with E-state index in [1.807, 2.05) is 19.9 Å².